The molecule has 0 aliphatic heterocycles. The van der Waals surface area contributed by atoms with Crippen LogP contribution in [-0.2, 0) is 6.42 Å². The molecule has 0 fully saturated rings. The molecule has 0 aliphatic carbocycles. The van der Waals surface area contributed by atoms with Gasteiger partial charge in [-0.1, -0.05) is 77.2 Å². The summed E-state index contributed by atoms with van der Waals surface area (Å²) < 4.78 is 0.660. The highest BCUT2D eigenvalue weighted by atomic mass is 32.1. The molecule has 1 aromatic rings. The first kappa shape index (κ1) is 18.7. The van der Waals surface area contributed by atoms with E-state index in [9.17, 15) is 0 Å². The first-order chi connectivity index (χ1) is 10.2. The van der Waals surface area contributed by atoms with Gasteiger partial charge in [0.1, 0.15) is 0 Å². The van der Waals surface area contributed by atoms with Gasteiger partial charge in [0.2, 0.25) is 0 Å². The van der Waals surface area contributed by atoms with Gasteiger partial charge in [-0.25, -0.2) is 0 Å². The zero-order valence-corrected chi connectivity index (χ0v) is 14.3. The fourth-order valence-corrected chi connectivity index (χ4v) is 3.56. The van der Waals surface area contributed by atoms with Crippen molar-refractivity contribution in [2.45, 2.75) is 84.0 Å². The Morgan fingerprint density at radius 1 is 0.810 bits per heavy atom. The Kier molecular flexibility index (Phi) is 10.9. The van der Waals surface area contributed by atoms with E-state index in [0.29, 0.717) is 4.78 Å². The van der Waals surface area contributed by atoms with Crippen molar-refractivity contribution in [3.63, 3.8) is 0 Å². The Hall–Kier alpha value is -0.315. The van der Waals surface area contributed by atoms with Gasteiger partial charge in [-0.3, -0.25) is 0 Å². The third kappa shape index (κ3) is 9.33. The van der Waals surface area contributed by atoms with Crippen LogP contribution in [0, 0.1) is 0 Å². The van der Waals surface area contributed by atoms with Crippen LogP contribution >= 0.6 is 11.3 Å². The van der Waals surface area contributed by atoms with Gasteiger partial charge in [0, 0.05) is 9.65 Å². The van der Waals surface area contributed by atoms with Gasteiger partial charge in [-0.15, -0.1) is 11.3 Å². The molecule has 0 aromatic carbocycles. The van der Waals surface area contributed by atoms with E-state index in [-0.39, 0.29) is 0 Å². The lowest BCUT2D eigenvalue weighted by molar-refractivity contribution is 0.427. The summed E-state index contributed by atoms with van der Waals surface area (Å²) in [5.41, 5.74) is 0. The van der Waals surface area contributed by atoms with Gasteiger partial charge in [-0.2, -0.15) is 0 Å². The average Bonchev–Trinajstić information content (AvgIpc) is 2.94. The summed E-state index contributed by atoms with van der Waals surface area (Å²) in [6.07, 6.45) is 16.1. The Morgan fingerprint density at radius 2 is 1.33 bits per heavy atom. The fourth-order valence-electron chi connectivity index (χ4n) is 2.63. The number of thiophene rings is 1. The molecule has 0 radical (unpaired) electrons. The maximum atomic E-state index is 9.06. The van der Waals surface area contributed by atoms with E-state index in [1.807, 2.05) is 12.1 Å². The predicted octanol–water partition coefficient (Wildman–Crippen LogP) is 4.28. The van der Waals surface area contributed by atoms with Crippen LogP contribution in [0.4, 0.5) is 0 Å². The molecule has 0 atom stereocenters. The maximum Gasteiger partial charge on any atom is 0.499 e. The lowest BCUT2D eigenvalue weighted by Crippen LogP contribution is -2.26. The molecule has 1 aromatic heterocycles. The molecule has 1 heterocycles. The third-order valence-corrected chi connectivity index (χ3v) is 5.15. The molecule has 4 heteroatoms. The lowest BCUT2D eigenvalue weighted by atomic mass is 9.90. The van der Waals surface area contributed by atoms with E-state index < -0.39 is 7.12 Å². The topological polar surface area (TPSA) is 40.5 Å². The largest absolute Gasteiger partial charge is 0.499 e. The SMILES string of the molecule is CCCCCCCCCCCCCc1ccc(B(O)O)s1. The average molecular weight is 310 g/mol. The number of hydrogen-bond donors (Lipinski definition) is 2. The minimum atomic E-state index is -1.30. The first-order valence-corrected chi connectivity index (χ1v) is 9.50. The van der Waals surface area contributed by atoms with Crippen molar-refractivity contribution < 1.29 is 10.0 Å². The summed E-state index contributed by atoms with van der Waals surface area (Å²) in [5.74, 6) is 0. The number of rotatable bonds is 13. The Labute approximate surface area is 134 Å². The second kappa shape index (κ2) is 12.3. The third-order valence-electron chi connectivity index (χ3n) is 3.96. The minimum Gasteiger partial charge on any atom is -0.423 e. The van der Waals surface area contributed by atoms with Crippen LogP contribution in [0.25, 0.3) is 0 Å². The van der Waals surface area contributed by atoms with Gasteiger partial charge in [0.25, 0.3) is 0 Å². The van der Waals surface area contributed by atoms with E-state index in [0.717, 1.165) is 6.42 Å². The van der Waals surface area contributed by atoms with Crippen molar-refractivity contribution in [1.29, 1.82) is 0 Å². The summed E-state index contributed by atoms with van der Waals surface area (Å²) >= 11 is 1.52. The molecule has 0 saturated carbocycles. The Bertz CT molecular complexity index is 352. The highest BCUT2D eigenvalue weighted by molar-refractivity contribution is 7.22. The van der Waals surface area contributed by atoms with E-state index >= 15 is 0 Å². The molecule has 0 amide bonds. The standard InChI is InChI=1S/C17H31BO2S/c1-2-3-4-5-6-7-8-9-10-11-12-13-16-14-15-17(21-16)18(19)20/h14-15,19-20H,2-13H2,1H3. The lowest BCUT2D eigenvalue weighted by Gasteiger charge is -2.02. The van der Waals surface area contributed by atoms with Crippen molar-refractivity contribution in [3.05, 3.63) is 17.0 Å². The monoisotopic (exact) mass is 310 g/mol. The van der Waals surface area contributed by atoms with Crippen LogP contribution in [0.3, 0.4) is 0 Å². The molecule has 0 bridgehead atoms. The van der Waals surface area contributed by atoms with Crippen LogP contribution in [0.5, 0.6) is 0 Å². The summed E-state index contributed by atoms with van der Waals surface area (Å²) in [4.78, 5) is 1.27. The summed E-state index contributed by atoms with van der Waals surface area (Å²) in [7, 11) is -1.30. The normalized spacial score (nSPS) is 11.0. The molecule has 1 rings (SSSR count). The summed E-state index contributed by atoms with van der Waals surface area (Å²) in [6, 6.07) is 3.85. The zero-order chi connectivity index (χ0) is 15.3. The molecule has 0 saturated heterocycles. The molecular formula is C17H31BO2S. The van der Waals surface area contributed by atoms with Gasteiger partial charge in [0.15, 0.2) is 0 Å². The molecule has 120 valence electrons. The van der Waals surface area contributed by atoms with Gasteiger partial charge >= 0.3 is 7.12 Å². The van der Waals surface area contributed by atoms with Gasteiger partial charge in [0.05, 0.1) is 0 Å². The smallest absolute Gasteiger partial charge is 0.423 e. The number of unbranched alkanes of at least 4 members (excludes halogenated alkanes) is 10. The highest BCUT2D eigenvalue weighted by Gasteiger charge is 2.13. The van der Waals surface area contributed by atoms with Crippen LogP contribution < -0.4 is 4.78 Å². The predicted molar refractivity (Wildman–Crippen MR) is 94.3 cm³/mol. The van der Waals surface area contributed by atoms with Gasteiger partial charge < -0.3 is 10.0 Å². The summed E-state index contributed by atoms with van der Waals surface area (Å²) in [6.45, 7) is 2.27. The Morgan fingerprint density at radius 3 is 1.81 bits per heavy atom. The second-order valence-electron chi connectivity index (χ2n) is 5.96. The van der Waals surface area contributed by atoms with Crippen LogP contribution in [0.1, 0.15) is 82.4 Å². The fraction of sp³-hybridized carbons (Fsp3) is 0.765. The first-order valence-electron chi connectivity index (χ1n) is 8.68. The Balaban J connectivity index is 1.88. The molecular weight excluding hydrogens is 279 g/mol. The van der Waals surface area contributed by atoms with Crippen molar-refractivity contribution >= 4 is 23.2 Å². The van der Waals surface area contributed by atoms with Crippen LogP contribution in [0.15, 0.2) is 12.1 Å². The van der Waals surface area contributed by atoms with E-state index in [1.54, 1.807) is 0 Å². The quantitative estimate of drug-likeness (QED) is 0.422. The molecule has 0 aliphatic rings. The maximum absolute atomic E-state index is 9.06. The zero-order valence-electron chi connectivity index (χ0n) is 13.5. The number of hydrogen-bond acceptors (Lipinski definition) is 3. The van der Waals surface area contributed by atoms with Crippen molar-refractivity contribution in [2.75, 3.05) is 0 Å². The van der Waals surface area contributed by atoms with Crippen LogP contribution in [-0.4, -0.2) is 17.2 Å². The van der Waals surface area contributed by atoms with Crippen molar-refractivity contribution in [3.8, 4) is 0 Å². The van der Waals surface area contributed by atoms with Crippen LogP contribution in [0.2, 0.25) is 0 Å². The van der Waals surface area contributed by atoms with Crippen molar-refractivity contribution in [2.24, 2.45) is 0 Å². The minimum absolute atomic E-state index is 0.660. The molecule has 2 nitrogen and oxygen atoms in total. The molecule has 2 N–H and O–H groups in total. The molecule has 0 unspecified atom stereocenters. The molecule has 21 heavy (non-hydrogen) atoms. The van der Waals surface area contributed by atoms with Crippen molar-refractivity contribution in [1.82, 2.24) is 0 Å². The summed E-state index contributed by atoms with van der Waals surface area (Å²) in [5, 5.41) is 18.1. The van der Waals surface area contributed by atoms with Gasteiger partial charge in [-0.05, 0) is 18.9 Å². The van der Waals surface area contributed by atoms with E-state index in [2.05, 4.69) is 6.92 Å². The van der Waals surface area contributed by atoms with E-state index in [1.165, 1.54) is 86.8 Å². The molecule has 0 spiro atoms. The van der Waals surface area contributed by atoms with E-state index in [4.69, 9.17) is 10.0 Å². The number of aryl methyl sites for hydroxylation is 1. The second-order valence-corrected chi connectivity index (χ2v) is 7.16. The highest BCUT2D eigenvalue weighted by Crippen LogP contribution is 2.14.